The summed E-state index contributed by atoms with van der Waals surface area (Å²) in [6, 6.07) is 10.1. The van der Waals surface area contributed by atoms with Gasteiger partial charge in [-0.2, -0.15) is 0 Å². The fourth-order valence-corrected chi connectivity index (χ4v) is 3.27. The van der Waals surface area contributed by atoms with E-state index in [0.717, 1.165) is 41.8 Å². The van der Waals surface area contributed by atoms with E-state index < -0.39 is 5.97 Å². The molecule has 5 nitrogen and oxygen atoms in total. The normalized spacial score (nSPS) is 18.3. The summed E-state index contributed by atoms with van der Waals surface area (Å²) in [5, 5.41) is 9.26. The second-order valence-electron chi connectivity index (χ2n) is 6.18. The molecule has 1 fully saturated rings. The Bertz CT molecular complexity index is 703. The lowest BCUT2D eigenvalue weighted by Gasteiger charge is -2.31. The van der Waals surface area contributed by atoms with Gasteiger partial charge in [0.05, 0.1) is 13.0 Å². The number of likely N-dealkylation sites (tertiary alicyclic amines) is 1. The highest BCUT2D eigenvalue weighted by Crippen LogP contribution is 2.28. The van der Waals surface area contributed by atoms with Crippen LogP contribution in [0.15, 0.2) is 42.7 Å². The van der Waals surface area contributed by atoms with Gasteiger partial charge in [0.25, 0.3) is 0 Å². The Hall–Kier alpha value is -2.40. The van der Waals surface area contributed by atoms with Crippen LogP contribution in [0.4, 0.5) is 0 Å². The number of hydrogen-bond acceptors (Lipinski definition) is 4. The standard InChI is InChI=1S/C19H22N2O3/c1-24-18-5-4-15(14-6-8-20-9-7-14)11-17(18)13-21-10-2-3-16(12-21)19(22)23/h4-9,11,16H,2-3,10,12-13H2,1H3,(H,22,23). The molecule has 3 rings (SSSR count). The second-order valence-corrected chi connectivity index (χ2v) is 6.18. The molecule has 0 aliphatic carbocycles. The summed E-state index contributed by atoms with van der Waals surface area (Å²) >= 11 is 0. The summed E-state index contributed by atoms with van der Waals surface area (Å²) in [6.45, 7) is 2.22. The van der Waals surface area contributed by atoms with E-state index in [-0.39, 0.29) is 5.92 Å². The number of carboxylic acid groups (broad SMARTS) is 1. The van der Waals surface area contributed by atoms with Gasteiger partial charge >= 0.3 is 5.97 Å². The number of aliphatic carboxylic acids is 1. The molecule has 5 heteroatoms. The molecular weight excluding hydrogens is 304 g/mol. The van der Waals surface area contributed by atoms with Gasteiger partial charge in [0, 0.05) is 31.0 Å². The Balaban J connectivity index is 1.82. The maximum absolute atomic E-state index is 11.3. The first kappa shape index (κ1) is 16.5. The molecule has 126 valence electrons. The van der Waals surface area contributed by atoms with Crippen molar-refractivity contribution in [1.82, 2.24) is 9.88 Å². The predicted molar refractivity (Wildman–Crippen MR) is 91.9 cm³/mol. The van der Waals surface area contributed by atoms with Crippen LogP contribution in [-0.2, 0) is 11.3 Å². The van der Waals surface area contributed by atoms with Crippen LogP contribution >= 0.6 is 0 Å². The summed E-state index contributed by atoms with van der Waals surface area (Å²) in [4.78, 5) is 17.5. The van der Waals surface area contributed by atoms with E-state index in [2.05, 4.69) is 16.0 Å². The Morgan fingerprint density at radius 3 is 2.79 bits per heavy atom. The molecule has 2 heterocycles. The van der Waals surface area contributed by atoms with E-state index in [9.17, 15) is 9.90 Å². The fourth-order valence-electron chi connectivity index (χ4n) is 3.27. The van der Waals surface area contributed by atoms with Crippen LogP contribution in [0.5, 0.6) is 5.75 Å². The third kappa shape index (κ3) is 3.74. The van der Waals surface area contributed by atoms with E-state index in [4.69, 9.17) is 4.74 Å². The first-order chi connectivity index (χ1) is 11.7. The molecular formula is C19H22N2O3. The molecule has 24 heavy (non-hydrogen) atoms. The van der Waals surface area contributed by atoms with Crippen LogP contribution in [-0.4, -0.2) is 41.2 Å². The molecule has 1 N–H and O–H groups in total. The monoisotopic (exact) mass is 326 g/mol. The molecule has 1 aliphatic heterocycles. The van der Waals surface area contributed by atoms with Gasteiger partial charge in [0.1, 0.15) is 5.75 Å². The zero-order valence-corrected chi connectivity index (χ0v) is 13.8. The minimum atomic E-state index is -0.697. The van der Waals surface area contributed by atoms with Gasteiger partial charge in [-0.05, 0) is 54.8 Å². The zero-order chi connectivity index (χ0) is 16.9. The maximum Gasteiger partial charge on any atom is 0.307 e. The number of rotatable bonds is 5. The Kier molecular flexibility index (Phi) is 5.11. The van der Waals surface area contributed by atoms with Gasteiger partial charge in [-0.3, -0.25) is 14.7 Å². The van der Waals surface area contributed by atoms with Crippen molar-refractivity contribution in [3.8, 4) is 16.9 Å². The highest BCUT2D eigenvalue weighted by atomic mass is 16.5. The lowest BCUT2D eigenvalue weighted by Crippen LogP contribution is -2.38. The van der Waals surface area contributed by atoms with Crippen LogP contribution < -0.4 is 4.74 Å². The lowest BCUT2D eigenvalue weighted by molar-refractivity contribution is -0.143. The highest BCUT2D eigenvalue weighted by Gasteiger charge is 2.25. The maximum atomic E-state index is 11.3. The van der Waals surface area contributed by atoms with E-state index in [1.807, 2.05) is 24.3 Å². The molecule has 0 spiro atoms. The number of benzene rings is 1. The summed E-state index contributed by atoms with van der Waals surface area (Å²) in [6.07, 6.45) is 5.24. The summed E-state index contributed by atoms with van der Waals surface area (Å²) in [5.41, 5.74) is 3.30. The average molecular weight is 326 g/mol. The van der Waals surface area contributed by atoms with Crippen molar-refractivity contribution in [3.05, 3.63) is 48.3 Å². The SMILES string of the molecule is COc1ccc(-c2ccncc2)cc1CN1CCCC(C(=O)O)C1. The average Bonchev–Trinajstić information content (AvgIpc) is 2.62. The van der Waals surface area contributed by atoms with Crippen molar-refractivity contribution in [2.24, 2.45) is 5.92 Å². The van der Waals surface area contributed by atoms with Crippen molar-refractivity contribution in [3.63, 3.8) is 0 Å². The quantitative estimate of drug-likeness (QED) is 0.915. The van der Waals surface area contributed by atoms with Crippen molar-refractivity contribution in [2.75, 3.05) is 20.2 Å². The minimum absolute atomic E-state index is 0.270. The van der Waals surface area contributed by atoms with Crippen molar-refractivity contribution in [1.29, 1.82) is 0 Å². The number of carbonyl (C=O) groups is 1. The van der Waals surface area contributed by atoms with Crippen LogP contribution in [0.3, 0.4) is 0 Å². The predicted octanol–water partition coefficient (Wildman–Crippen LogP) is 3.05. The van der Waals surface area contributed by atoms with Gasteiger partial charge in [-0.15, -0.1) is 0 Å². The smallest absolute Gasteiger partial charge is 0.307 e. The van der Waals surface area contributed by atoms with E-state index in [1.165, 1.54) is 0 Å². The number of nitrogens with zero attached hydrogens (tertiary/aromatic N) is 2. The molecule has 0 amide bonds. The second kappa shape index (κ2) is 7.45. The van der Waals surface area contributed by atoms with Gasteiger partial charge < -0.3 is 9.84 Å². The minimum Gasteiger partial charge on any atom is -0.496 e. The fraction of sp³-hybridized carbons (Fsp3) is 0.368. The van der Waals surface area contributed by atoms with E-state index >= 15 is 0 Å². The van der Waals surface area contributed by atoms with Gasteiger partial charge in [0.2, 0.25) is 0 Å². The zero-order valence-electron chi connectivity index (χ0n) is 13.8. The number of hydrogen-bond donors (Lipinski definition) is 1. The van der Waals surface area contributed by atoms with Crippen LogP contribution in [0.1, 0.15) is 18.4 Å². The Morgan fingerprint density at radius 1 is 1.29 bits per heavy atom. The summed E-state index contributed by atoms with van der Waals surface area (Å²) in [7, 11) is 1.67. The molecule has 1 aliphatic rings. The molecule has 0 radical (unpaired) electrons. The number of ether oxygens (including phenoxy) is 1. The van der Waals surface area contributed by atoms with Gasteiger partial charge in [-0.25, -0.2) is 0 Å². The molecule has 0 saturated carbocycles. The summed E-state index contributed by atoms with van der Waals surface area (Å²) < 4.78 is 5.50. The molecule has 1 atom stereocenters. The number of pyridine rings is 1. The molecule has 1 aromatic carbocycles. The molecule has 0 bridgehead atoms. The molecule has 1 saturated heterocycles. The van der Waals surface area contributed by atoms with E-state index in [0.29, 0.717) is 13.1 Å². The third-order valence-corrected chi connectivity index (χ3v) is 4.54. The van der Waals surface area contributed by atoms with Crippen molar-refractivity contribution in [2.45, 2.75) is 19.4 Å². The largest absolute Gasteiger partial charge is 0.496 e. The molecule has 1 unspecified atom stereocenters. The van der Waals surface area contributed by atoms with E-state index in [1.54, 1.807) is 19.5 Å². The third-order valence-electron chi connectivity index (χ3n) is 4.54. The number of aromatic nitrogens is 1. The number of carboxylic acids is 1. The molecule has 2 aromatic rings. The molecule has 1 aromatic heterocycles. The Labute approximate surface area is 141 Å². The lowest BCUT2D eigenvalue weighted by atomic mass is 9.97. The first-order valence-electron chi connectivity index (χ1n) is 8.20. The topological polar surface area (TPSA) is 62.7 Å². The summed E-state index contributed by atoms with van der Waals surface area (Å²) in [5.74, 6) is -0.129. The van der Waals surface area contributed by atoms with Gasteiger partial charge in [0.15, 0.2) is 0 Å². The van der Waals surface area contributed by atoms with Crippen molar-refractivity contribution < 1.29 is 14.6 Å². The highest BCUT2D eigenvalue weighted by molar-refractivity contribution is 5.70. The van der Waals surface area contributed by atoms with Crippen molar-refractivity contribution >= 4 is 5.97 Å². The van der Waals surface area contributed by atoms with Crippen LogP contribution in [0, 0.1) is 5.92 Å². The van der Waals surface area contributed by atoms with Gasteiger partial charge in [-0.1, -0.05) is 6.07 Å². The number of methoxy groups -OCH3 is 1. The van der Waals surface area contributed by atoms with Crippen LogP contribution in [0.25, 0.3) is 11.1 Å². The van der Waals surface area contributed by atoms with Crippen LogP contribution in [0.2, 0.25) is 0 Å². The Morgan fingerprint density at radius 2 is 2.08 bits per heavy atom. The first-order valence-corrected chi connectivity index (χ1v) is 8.20. The number of piperidine rings is 1.